The largest absolute Gasteiger partial charge is 0.510 e. The molecule has 1 aromatic heterocycles. The molecule has 0 aromatic carbocycles. The van der Waals surface area contributed by atoms with Gasteiger partial charge in [-0.05, 0) is 17.4 Å². The summed E-state index contributed by atoms with van der Waals surface area (Å²) in [7, 11) is 0. The van der Waals surface area contributed by atoms with Crippen LogP contribution in [0, 0.1) is 0 Å². The molecule has 0 radical (unpaired) electrons. The smallest absolute Gasteiger partial charge is 0.435 e. The van der Waals surface area contributed by atoms with Gasteiger partial charge >= 0.3 is 6.16 Å². The molecule has 0 N–H and O–H groups in total. The van der Waals surface area contributed by atoms with Crippen molar-refractivity contribution < 1.29 is 14.3 Å². The molecule has 0 aliphatic rings. The van der Waals surface area contributed by atoms with Gasteiger partial charge in [-0.3, -0.25) is 0 Å². The molecule has 0 atom stereocenters. The Morgan fingerprint density at radius 1 is 1.58 bits per heavy atom. The van der Waals surface area contributed by atoms with Crippen LogP contribution in [0.25, 0.3) is 0 Å². The number of ether oxygens (including phenoxy) is 2. The Morgan fingerprint density at radius 2 is 2.42 bits per heavy atom. The Morgan fingerprint density at radius 3 is 3.00 bits per heavy atom. The topological polar surface area (TPSA) is 79.1 Å². The number of hydrogen-bond donors (Lipinski definition) is 0. The van der Waals surface area contributed by atoms with Crippen LogP contribution in [0.2, 0.25) is 0 Å². The summed E-state index contributed by atoms with van der Waals surface area (Å²) in [6.45, 7) is 1.94. The van der Waals surface area contributed by atoms with E-state index in [2.05, 4.69) is 25.0 Å². The Bertz CT molecular complexity index is 235. The molecule has 1 heterocycles. The predicted octanol–water partition coefficient (Wildman–Crippen LogP) is -0.196. The molecule has 0 fully saturated rings. The van der Waals surface area contributed by atoms with E-state index in [4.69, 9.17) is 0 Å². The Balaban J connectivity index is 2.22. The Labute approximate surface area is 68.3 Å². The minimum absolute atomic E-state index is 0.0359. The van der Waals surface area contributed by atoms with Gasteiger partial charge in [-0.2, -0.15) is 4.68 Å². The van der Waals surface area contributed by atoms with Gasteiger partial charge in [-0.15, -0.1) is 5.10 Å². The first-order chi connectivity index (χ1) is 5.83. The van der Waals surface area contributed by atoms with E-state index in [0.717, 1.165) is 0 Å². The van der Waals surface area contributed by atoms with Crippen LogP contribution in [0.4, 0.5) is 4.79 Å². The summed E-state index contributed by atoms with van der Waals surface area (Å²) in [6.07, 6.45) is 0.604. The van der Waals surface area contributed by atoms with Crippen LogP contribution in [-0.2, 0) is 16.2 Å². The van der Waals surface area contributed by atoms with Crippen LogP contribution in [0.15, 0.2) is 6.33 Å². The number of aromatic nitrogens is 4. The molecule has 0 amide bonds. The zero-order valence-electron chi connectivity index (χ0n) is 6.51. The van der Waals surface area contributed by atoms with E-state index >= 15 is 0 Å². The molecule has 0 bridgehead atoms. The number of nitrogens with zero attached hydrogens (tertiary/aromatic N) is 4. The zero-order valence-corrected chi connectivity index (χ0v) is 6.51. The van der Waals surface area contributed by atoms with Crippen LogP contribution < -0.4 is 0 Å². The number of carbonyl (C=O) groups is 1. The molecule has 12 heavy (non-hydrogen) atoms. The molecule has 0 aliphatic carbocycles. The summed E-state index contributed by atoms with van der Waals surface area (Å²) in [5.41, 5.74) is 0. The minimum atomic E-state index is -0.729. The van der Waals surface area contributed by atoms with Gasteiger partial charge in [0.25, 0.3) is 0 Å². The van der Waals surface area contributed by atoms with Crippen molar-refractivity contribution in [1.29, 1.82) is 0 Å². The Kier molecular flexibility index (Phi) is 3.00. The fraction of sp³-hybridized carbons (Fsp3) is 0.600. The Hall–Kier alpha value is -1.66. The lowest BCUT2D eigenvalue weighted by Gasteiger charge is -2.02. The van der Waals surface area contributed by atoms with E-state index in [1.54, 1.807) is 6.92 Å². The summed E-state index contributed by atoms with van der Waals surface area (Å²) in [4.78, 5) is 10.6. The van der Waals surface area contributed by atoms with Gasteiger partial charge in [0.1, 0.15) is 6.33 Å². The van der Waals surface area contributed by atoms with Gasteiger partial charge < -0.3 is 9.47 Å². The van der Waals surface area contributed by atoms with Gasteiger partial charge in [0.15, 0.2) is 6.73 Å². The second-order valence-corrected chi connectivity index (χ2v) is 1.81. The normalized spacial score (nSPS) is 9.42. The second kappa shape index (κ2) is 4.27. The summed E-state index contributed by atoms with van der Waals surface area (Å²) >= 11 is 0. The maximum atomic E-state index is 10.6. The van der Waals surface area contributed by atoms with Gasteiger partial charge in [0, 0.05) is 0 Å². The fourth-order valence-electron chi connectivity index (χ4n) is 0.518. The highest BCUT2D eigenvalue weighted by Crippen LogP contribution is 1.87. The quantitative estimate of drug-likeness (QED) is 0.587. The third-order valence-electron chi connectivity index (χ3n) is 0.968. The highest BCUT2D eigenvalue weighted by atomic mass is 16.7. The highest BCUT2D eigenvalue weighted by Gasteiger charge is 2.01. The van der Waals surface area contributed by atoms with Crippen molar-refractivity contribution in [3.05, 3.63) is 6.33 Å². The van der Waals surface area contributed by atoms with Crippen molar-refractivity contribution in [2.75, 3.05) is 6.61 Å². The molecule has 0 saturated carbocycles. The molecule has 7 heteroatoms. The van der Waals surface area contributed by atoms with Crippen LogP contribution in [-0.4, -0.2) is 33.0 Å². The molecule has 0 spiro atoms. The first-order valence-electron chi connectivity index (χ1n) is 3.33. The average Bonchev–Trinajstić information content (AvgIpc) is 2.53. The van der Waals surface area contributed by atoms with Gasteiger partial charge in [-0.25, -0.2) is 4.79 Å². The summed E-state index contributed by atoms with van der Waals surface area (Å²) < 4.78 is 10.3. The third-order valence-corrected chi connectivity index (χ3v) is 0.968. The zero-order chi connectivity index (χ0) is 8.81. The monoisotopic (exact) mass is 172 g/mol. The van der Waals surface area contributed by atoms with Crippen molar-refractivity contribution in [2.24, 2.45) is 0 Å². The molecule has 7 nitrogen and oxygen atoms in total. The van der Waals surface area contributed by atoms with E-state index in [0.29, 0.717) is 0 Å². The second-order valence-electron chi connectivity index (χ2n) is 1.81. The molecular weight excluding hydrogens is 164 g/mol. The lowest BCUT2D eigenvalue weighted by Crippen LogP contribution is -2.11. The molecular formula is C5H8N4O3. The van der Waals surface area contributed by atoms with Crippen LogP contribution >= 0.6 is 0 Å². The molecule has 66 valence electrons. The lowest BCUT2D eigenvalue weighted by atomic mass is 10.9. The standard InChI is InChI=1S/C5H8N4O3/c1-2-11-5(10)12-4-9-3-6-7-8-9/h3H,2,4H2,1H3. The van der Waals surface area contributed by atoms with Crippen LogP contribution in [0.3, 0.4) is 0 Å². The maximum absolute atomic E-state index is 10.6. The fourth-order valence-corrected chi connectivity index (χ4v) is 0.518. The lowest BCUT2D eigenvalue weighted by molar-refractivity contribution is 0.0330. The third kappa shape index (κ3) is 2.52. The van der Waals surface area contributed by atoms with Crippen molar-refractivity contribution >= 4 is 6.16 Å². The van der Waals surface area contributed by atoms with Gasteiger partial charge in [-0.1, -0.05) is 0 Å². The molecule has 0 saturated heterocycles. The SMILES string of the molecule is CCOC(=O)OCn1cnnn1. The van der Waals surface area contributed by atoms with Crippen LogP contribution in [0.1, 0.15) is 6.92 Å². The maximum Gasteiger partial charge on any atom is 0.510 e. The van der Waals surface area contributed by atoms with E-state index < -0.39 is 6.16 Å². The number of hydrogen-bond acceptors (Lipinski definition) is 6. The molecule has 1 aromatic rings. The van der Waals surface area contributed by atoms with E-state index in [9.17, 15) is 4.79 Å². The van der Waals surface area contributed by atoms with Crippen molar-refractivity contribution in [3.63, 3.8) is 0 Å². The number of carbonyl (C=O) groups excluding carboxylic acids is 1. The minimum Gasteiger partial charge on any atom is -0.435 e. The van der Waals surface area contributed by atoms with Gasteiger partial charge in [0.2, 0.25) is 0 Å². The van der Waals surface area contributed by atoms with Crippen molar-refractivity contribution in [1.82, 2.24) is 20.2 Å². The molecule has 1 rings (SSSR count). The average molecular weight is 172 g/mol. The van der Waals surface area contributed by atoms with Gasteiger partial charge in [0.05, 0.1) is 6.61 Å². The highest BCUT2D eigenvalue weighted by molar-refractivity contribution is 5.59. The summed E-state index contributed by atoms with van der Waals surface area (Å²) in [6, 6.07) is 0. The molecule has 0 unspecified atom stereocenters. The van der Waals surface area contributed by atoms with E-state index in [-0.39, 0.29) is 13.3 Å². The first-order valence-corrected chi connectivity index (χ1v) is 3.33. The van der Waals surface area contributed by atoms with Crippen molar-refractivity contribution in [2.45, 2.75) is 13.7 Å². The summed E-state index contributed by atoms with van der Waals surface area (Å²) in [5, 5.41) is 10.2. The molecule has 0 aliphatic heterocycles. The number of rotatable bonds is 3. The van der Waals surface area contributed by atoms with E-state index in [1.165, 1.54) is 11.0 Å². The first kappa shape index (κ1) is 8.44. The predicted molar refractivity (Wildman–Crippen MR) is 35.9 cm³/mol. The van der Waals surface area contributed by atoms with Crippen molar-refractivity contribution in [3.8, 4) is 0 Å². The van der Waals surface area contributed by atoms with Crippen LogP contribution in [0.5, 0.6) is 0 Å². The summed E-state index contributed by atoms with van der Waals surface area (Å²) in [5.74, 6) is 0. The number of tetrazole rings is 1. The van der Waals surface area contributed by atoms with E-state index in [1.807, 2.05) is 0 Å².